The average molecular weight is 277 g/mol. The van der Waals surface area contributed by atoms with Gasteiger partial charge >= 0.3 is 0 Å². The highest BCUT2D eigenvalue weighted by Gasteiger charge is 2.23. The summed E-state index contributed by atoms with van der Waals surface area (Å²) in [7, 11) is 4.47. The van der Waals surface area contributed by atoms with Gasteiger partial charge in [0.2, 0.25) is 0 Å². The van der Waals surface area contributed by atoms with Crippen LogP contribution >= 0.6 is 0 Å². The molecule has 0 radical (unpaired) electrons. The third-order valence-electron chi connectivity index (χ3n) is 4.61. The van der Waals surface area contributed by atoms with E-state index in [-0.39, 0.29) is 0 Å². The molecule has 3 rings (SSSR count). The summed E-state index contributed by atoms with van der Waals surface area (Å²) >= 11 is 0. The highest BCUT2D eigenvalue weighted by atomic mass is 16.3. The Bertz CT molecular complexity index is 427. The topological polar surface area (TPSA) is 31.6 Å². The number of hydrogen-bond donors (Lipinski definition) is 1. The van der Waals surface area contributed by atoms with Crippen LogP contribution < -0.4 is 5.32 Å². The quantitative estimate of drug-likeness (QED) is 0.862. The van der Waals surface area contributed by atoms with E-state index in [9.17, 15) is 0 Å². The van der Waals surface area contributed by atoms with Gasteiger partial charge in [0, 0.05) is 30.7 Å². The average Bonchev–Trinajstić information content (AvgIpc) is 3.17. The highest BCUT2D eigenvalue weighted by molar-refractivity contribution is 5.17. The molecule has 112 valence electrons. The van der Waals surface area contributed by atoms with Crippen LogP contribution in [-0.4, -0.2) is 49.1 Å². The van der Waals surface area contributed by atoms with Crippen molar-refractivity contribution in [2.45, 2.75) is 50.9 Å². The molecule has 2 heterocycles. The predicted molar refractivity (Wildman–Crippen MR) is 80.6 cm³/mol. The first-order chi connectivity index (χ1) is 9.72. The molecule has 0 aromatic carbocycles. The summed E-state index contributed by atoms with van der Waals surface area (Å²) in [6.07, 6.45) is 7.11. The van der Waals surface area contributed by atoms with Gasteiger partial charge in [0.15, 0.2) is 0 Å². The standard InChI is InChI=1S/C16H27N3O/c1-18-8-3-4-15(12-18)19(2)11-13-7-9-20-16(13)10-17-14-5-6-14/h7,9,14-15,17H,3-6,8,10-12H2,1-2H3. The largest absolute Gasteiger partial charge is 0.468 e. The molecule has 1 N–H and O–H groups in total. The van der Waals surface area contributed by atoms with Gasteiger partial charge in [-0.2, -0.15) is 0 Å². The molecule has 1 saturated heterocycles. The van der Waals surface area contributed by atoms with Crippen molar-refractivity contribution in [1.29, 1.82) is 0 Å². The SMILES string of the molecule is CN1CCCC(N(C)Cc2ccoc2CNC2CC2)C1. The number of rotatable bonds is 6. The van der Waals surface area contributed by atoms with E-state index >= 15 is 0 Å². The summed E-state index contributed by atoms with van der Waals surface area (Å²) in [5.74, 6) is 1.12. The van der Waals surface area contributed by atoms with Crippen molar-refractivity contribution in [2.75, 3.05) is 27.2 Å². The molecule has 4 heteroatoms. The zero-order valence-electron chi connectivity index (χ0n) is 12.8. The van der Waals surface area contributed by atoms with E-state index in [4.69, 9.17) is 4.42 Å². The fraction of sp³-hybridized carbons (Fsp3) is 0.750. The third-order valence-corrected chi connectivity index (χ3v) is 4.61. The maximum Gasteiger partial charge on any atom is 0.122 e. The van der Waals surface area contributed by atoms with Crippen molar-refractivity contribution < 1.29 is 4.42 Å². The van der Waals surface area contributed by atoms with E-state index in [0.717, 1.165) is 24.9 Å². The molecule has 0 bridgehead atoms. The van der Waals surface area contributed by atoms with Crippen molar-refractivity contribution in [2.24, 2.45) is 0 Å². The molecule has 0 spiro atoms. The van der Waals surface area contributed by atoms with Crippen molar-refractivity contribution in [1.82, 2.24) is 15.1 Å². The molecular formula is C16H27N3O. The van der Waals surface area contributed by atoms with Crippen LogP contribution in [-0.2, 0) is 13.1 Å². The van der Waals surface area contributed by atoms with Gasteiger partial charge in [-0.1, -0.05) is 0 Å². The summed E-state index contributed by atoms with van der Waals surface area (Å²) in [6.45, 7) is 4.30. The van der Waals surface area contributed by atoms with Gasteiger partial charge in [-0.15, -0.1) is 0 Å². The lowest BCUT2D eigenvalue weighted by Gasteiger charge is -2.35. The Balaban J connectivity index is 1.54. The molecule has 1 aromatic rings. The molecule has 2 fully saturated rings. The van der Waals surface area contributed by atoms with E-state index in [1.165, 1.54) is 44.3 Å². The van der Waals surface area contributed by atoms with Crippen molar-refractivity contribution >= 4 is 0 Å². The molecule has 4 nitrogen and oxygen atoms in total. The van der Waals surface area contributed by atoms with E-state index in [1.807, 2.05) is 6.26 Å². The first kappa shape index (κ1) is 14.1. The van der Waals surface area contributed by atoms with Gasteiger partial charge in [-0.3, -0.25) is 4.90 Å². The van der Waals surface area contributed by atoms with Crippen LogP contribution in [0, 0.1) is 0 Å². The lowest BCUT2D eigenvalue weighted by atomic mass is 10.0. The van der Waals surface area contributed by atoms with Crippen LogP contribution in [0.15, 0.2) is 16.7 Å². The Morgan fingerprint density at radius 3 is 3.00 bits per heavy atom. The Morgan fingerprint density at radius 2 is 2.25 bits per heavy atom. The molecule has 2 aliphatic rings. The fourth-order valence-corrected chi connectivity index (χ4v) is 3.08. The third kappa shape index (κ3) is 3.62. The number of likely N-dealkylation sites (N-methyl/N-ethyl adjacent to an activating group) is 2. The molecular weight excluding hydrogens is 250 g/mol. The summed E-state index contributed by atoms with van der Waals surface area (Å²) in [6, 6.07) is 3.54. The number of piperidine rings is 1. The lowest BCUT2D eigenvalue weighted by Crippen LogP contribution is -2.44. The number of nitrogens with one attached hydrogen (secondary N) is 1. The Morgan fingerprint density at radius 1 is 1.40 bits per heavy atom. The van der Waals surface area contributed by atoms with E-state index < -0.39 is 0 Å². The molecule has 1 atom stereocenters. The molecule has 1 aliphatic carbocycles. The van der Waals surface area contributed by atoms with Crippen molar-refractivity contribution in [3.05, 3.63) is 23.7 Å². The maximum atomic E-state index is 5.65. The molecule has 1 saturated carbocycles. The van der Waals surface area contributed by atoms with E-state index in [0.29, 0.717) is 6.04 Å². The predicted octanol–water partition coefficient (Wildman–Crippen LogP) is 2.06. The fourth-order valence-electron chi connectivity index (χ4n) is 3.08. The molecule has 20 heavy (non-hydrogen) atoms. The monoisotopic (exact) mass is 277 g/mol. The summed E-state index contributed by atoms with van der Waals surface area (Å²) in [4.78, 5) is 4.93. The Labute approximate surface area is 122 Å². The van der Waals surface area contributed by atoms with Crippen LogP contribution in [0.25, 0.3) is 0 Å². The zero-order chi connectivity index (χ0) is 13.9. The van der Waals surface area contributed by atoms with Crippen LogP contribution in [0.2, 0.25) is 0 Å². The van der Waals surface area contributed by atoms with Crippen LogP contribution in [0.5, 0.6) is 0 Å². The van der Waals surface area contributed by atoms with Gasteiger partial charge in [0.1, 0.15) is 5.76 Å². The number of nitrogens with zero attached hydrogens (tertiary/aromatic N) is 2. The minimum Gasteiger partial charge on any atom is -0.468 e. The lowest BCUT2D eigenvalue weighted by molar-refractivity contribution is 0.129. The first-order valence-electron chi connectivity index (χ1n) is 7.90. The van der Waals surface area contributed by atoms with Crippen molar-refractivity contribution in [3.63, 3.8) is 0 Å². The van der Waals surface area contributed by atoms with Crippen molar-refractivity contribution in [3.8, 4) is 0 Å². The number of likely N-dealkylation sites (tertiary alicyclic amines) is 1. The summed E-state index contributed by atoms with van der Waals surface area (Å²) in [5, 5.41) is 3.54. The molecule has 0 amide bonds. The van der Waals surface area contributed by atoms with Gasteiger partial charge in [0.05, 0.1) is 12.8 Å². The summed E-state index contributed by atoms with van der Waals surface area (Å²) in [5.41, 5.74) is 1.34. The molecule has 1 aromatic heterocycles. The van der Waals surface area contributed by atoms with Gasteiger partial charge in [0.25, 0.3) is 0 Å². The van der Waals surface area contributed by atoms with Gasteiger partial charge in [-0.05, 0) is 52.4 Å². The van der Waals surface area contributed by atoms with E-state index in [1.54, 1.807) is 0 Å². The second kappa shape index (κ2) is 6.29. The second-order valence-corrected chi connectivity index (χ2v) is 6.50. The van der Waals surface area contributed by atoms with Gasteiger partial charge in [-0.25, -0.2) is 0 Å². The van der Waals surface area contributed by atoms with Crippen LogP contribution in [0.4, 0.5) is 0 Å². The highest BCUT2D eigenvalue weighted by Crippen LogP contribution is 2.22. The summed E-state index contributed by atoms with van der Waals surface area (Å²) < 4.78 is 5.65. The Hall–Kier alpha value is -0.840. The molecule has 1 unspecified atom stereocenters. The van der Waals surface area contributed by atoms with Crippen LogP contribution in [0.3, 0.4) is 0 Å². The van der Waals surface area contributed by atoms with Crippen LogP contribution in [0.1, 0.15) is 37.0 Å². The molecule has 1 aliphatic heterocycles. The normalized spacial score (nSPS) is 24.4. The number of hydrogen-bond acceptors (Lipinski definition) is 4. The first-order valence-corrected chi connectivity index (χ1v) is 7.90. The number of furan rings is 1. The second-order valence-electron chi connectivity index (χ2n) is 6.50. The van der Waals surface area contributed by atoms with E-state index in [2.05, 4.69) is 35.3 Å². The Kier molecular flexibility index (Phi) is 4.44. The minimum absolute atomic E-state index is 0.674. The smallest absolute Gasteiger partial charge is 0.122 e. The zero-order valence-corrected chi connectivity index (χ0v) is 12.8. The maximum absolute atomic E-state index is 5.65. The van der Waals surface area contributed by atoms with Gasteiger partial charge < -0.3 is 14.6 Å². The minimum atomic E-state index is 0.674.